The van der Waals surface area contributed by atoms with Gasteiger partial charge in [-0.05, 0) is 30.7 Å². The van der Waals surface area contributed by atoms with E-state index in [0.717, 1.165) is 6.42 Å². The minimum absolute atomic E-state index is 0.155. The summed E-state index contributed by atoms with van der Waals surface area (Å²) in [6.45, 7) is 2.51. The molecule has 7 heteroatoms. The molecular weight excluding hydrogens is 297 g/mol. The molecule has 3 rings (SSSR count). The van der Waals surface area contributed by atoms with Gasteiger partial charge in [-0.3, -0.25) is 9.20 Å². The van der Waals surface area contributed by atoms with Crippen molar-refractivity contribution >= 4 is 17.4 Å². The van der Waals surface area contributed by atoms with Gasteiger partial charge < -0.3 is 11.1 Å². The largest absolute Gasteiger partial charge is 0.383 e. The van der Waals surface area contributed by atoms with E-state index in [2.05, 4.69) is 15.3 Å². The summed E-state index contributed by atoms with van der Waals surface area (Å²) in [5.74, 6) is -0.664. The predicted molar refractivity (Wildman–Crippen MR) is 85.4 cm³/mol. The summed E-state index contributed by atoms with van der Waals surface area (Å²) >= 11 is 0. The Kier molecular flexibility index (Phi) is 3.92. The van der Waals surface area contributed by atoms with Gasteiger partial charge in [-0.15, -0.1) is 0 Å². The van der Waals surface area contributed by atoms with Crippen LogP contribution >= 0.6 is 0 Å². The summed E-state index contributed by atoms with van der Waals surface area (Å²) in [5.41, 5.74) is 7.69. The van der Waals surface area contributed by atoms with Gasteiger partial charge in [0.1, 0.15) is 11.5 Å². The van der Waals surface area contributed by atoms with Crippen molar-refractivity contribution in [2.75, 3.05) is 12.3 Å². The molecule has 0 fully saturated rings. The molecule has 3 aromatic heterocycles. The summed E-state index contributed by atoms with van der Waals surface area (Å²) < 4.78 is 15.0. The van der Waals surface area contributed by atoms with Crippen molar-refractivity contribution < 1.29 is 9.18 Å². The lowest BCUT2D eigenvalue weighted by Gasteiger charge is -2.03. The van der Waals surface area contributed by atoms with Gasteiger partial charge in [0.05, 0.1) is 5.69 Å². The van der Waals surface area contributed by atoms with Gasteiger partial charge in [-0.25, -0.2) is 9.97 Å². The Labute approximate surface area is 132 Å². The van der Waals surface area contributed by atoms with Crippen LogP contribution in [0.1, 0.15) is 23.8 Å². The van der Waals surface area contributed by atoms with Crippen LogP contribution in [0.25, 0.3) is 16.9 Å². The van der Waals surface area contributed by atoms with E-state index in [-0.39, 0.29) is 17.4 Å². The van der Waals surface area contributed by atoms with Crippen molar-refractivity contribution in [3.8, 4) is 11.3 Å². The van der Waals surface area contributed by atoms with Gasteiger partial charge in [-0.1, -0.05) is 13.0 Å². The fourth-order valence-corrected chi connectivity index (χ4v) is 2.33. The fraction of sp³-hybridized carbons (Fsp3) is 0.188. The Morgan fingerprint density at radius 3 is 2.87 bits per heavy atom. The average Bonchev–Trinajstić information content (AvgIpc) is 2.90. The van der Waals surface area contributed by atoms with Crippen LogP contribution in [0, 0.1) is 5.95 Å². The maximum atomic E-state index is 13.4. The van der Waals surface area contributed by atoms with Crippen molar-refractivity contribution in [1.29, 1.82) is 0 Å². The van der Waals surface area contributed by atoms with Crippen LogP contribution in [-0.2, 0) is 0 Å². The molecule has 0 saturated carbocycles. The van der Waals surface area contributed by atoms with Crippen molar-refractivity contribution in [2.24, 2.45) is 0 Å². The van der Waals surface area contributed by atoms with Gasteiger partial charge in [0, 0.05) is 18.3 Å². The molecule has 0 aliphatic carbocycles. The number of halogens is 1. The molecule has 3 N–H and O–H groups in total. The molecule has 0 aromatic carbocycles. The topological polar surface area (TPSA) is 85.3 Å². The third-order valence-corrected chi connectivity index (χ3v) is 3.43. The zero-order valence-electron chi connectivity index (χ0n) is 12.6. The van der Waals surface area contributed by atoms with E-state index in [1.165, 1.54) is 6.07 Å². The second-order valence-electron chi connectivity index (χ2n) is 5.06. The number of fused-ring (bicyclic) bond motifs is 1. The highest BCUT2D eigenvalue weighted by atomic mass is 19.1. The standard InChI is InChI=1S/C16H16FN5O/c1-2-8-19-16(23)13-14(18)22-9-4-5-10(15(22)21-13)11-6-3-7-12(17)20-11/h3-7,9H,2,8,18H2,1H3,(H,19,23). The first-order valence-corrected chi connectivity index (χ1v) is 7.29. The Balaban J connectivity index is 2.13. The lowest BCUT2D eigenvalue weighted by atomic mass is 10.2. The summed E-state index contributed by atoms with van der Waals surface area (Å²) in [4.78, 5) is 20.4. The molecule has 0 bridgehead atoms. The molecule has 0 aliphatic heterocycles. The Bertz CT molecular complexity index is 874. The lowest BCUT2D eigenvalue weighted by Crippen LogP contribution is -2.25. The van der Waals surface area contributed by atoms with Crippen molar-refractivity contribution in [3.05, 3.63) is 48.2 Å². The minimum atomic E-state index is -0.579. The number of imidazole rings is 1. The van der Waals surface area contributed by atoms with Crippen molar-refractivity contribution in [2.45, 2.75) is 13.3 Å². The number of nitrogens with zero attached hydrogens (tertiary/aromatic N) is 3. The number of carbonyl (C=O) groups is 1. The van der Waals surface area contributed by atoms with E-state index in [0.29, 0.717) is 23.4 Å². The van der Waals surface area contributed by atoms with Crippen LogP contribution in [0.3, 0.4) is 0 Å². The van der Waals surface area contributed by atoms with Crippen LogP contribution in [0.5, 0.6) is 0 Å². The maximum absolute atomic E-state index is 13.4. The van der Waals surface area contributed by atoms with Crippen LogP contribution in [0.2, 0.25) is 0 Å². The molecule has 0 unspecified atom stereocenters. The number of rotatable bonds is 4. The Morgan fingerprint density at radius 1 is 1.30 bits per heavy atom. The van der Waals surface area contributed by atoms with Crippen molar-refractivity contribution in [3.63, 3.8) is 0 Å². The SMILES string of the molecule is CCCNC(=O)c1nc2c(-c3cccc(F)n3)cccn2c1N. The molecule has 3 aromatic rings. The first-order valence-electron chi connectivity index (χ1n) is 7.29. The average molecular weight is 313 g/mol. The first kappa shape index (κ1) is 15.0. The number of nitrogens with two attached hydrogens (primary N) is 1. The zero-order valence-corrected chi connectivity index (χ0v) is 12.6. The van der Waals surface area contributed by atoms with Gasteiger partial charge in [-0.2, -0.15) is 4.39 Å². The second-order valence-corrected chi connectivity index (χ2v) is 5.06. The molecule has 0 aliphatic rings. The highest BCUT2D eigenvalue weighted by Gasteiger charge is 2.19. The Morgan fingerprint density at radius 2 is 2.13 bits per heavy atom. The number of carbonyl (C=O) groups excluding carboxylic acids is 1. The van der Waals surface area contributed by atoms with E-state index in [1.54, 1.807) is 34.9 Å². The van der Waals surface area contributed by atoms with E-state index in [9.17, 15) is 9.18 Å². The minimum Gasteiger partial charge on any atom is -0.383 e. The summed E-state index contributed by atoms with van der Waals surface area (Å²) in [6, 6.07) is 8.04. The van der Waals surface area contributed by atoms with E-state index < -0.39 is 5.95 Å². The Hall–Kier alpha value is -2.96. The molecule has 6 nitrogen and oxygen atoms in total. The van der Waals surface area contributed by atoms with Crippen LogP contribution in [0.4, 0.5) is 10.2 Å². The molecule has 23 heavy (non-hydrogen) atoms. The molecular formula is C16H16FN5O. The van der Waals surface area contributed by atoms with Crippen molar-refractivity contribution in [1.82, 2.24) is 19.7 Å². The number of nitrogens with one attached hydrogen (secondary N) is 1. The summed E-state index contributed by atoms with van der Waals surface area (Å²) in [6.07, 6.45) is 2.52. The number of pyridine rings is 2. The maximum Gasteiger partial charge on any atom is 0.273 e. The predicted octanol–water partition coefficient (Wildman–Crippen LogP) is 2.26. The van der Waals surface area contributed by atoms with E-state index in [4.69, 9.17) is 5.73 Å². The van der Waals surface area contributed by atoms with Crippen LogP contribution in [0.15, 0.2) is 36.5 Å². The number of aromatic nitrogens is 3. The number of nitrogen functional groups attached to an aromatic ring is 1. The molecule has 0 radical (unpaired) electrons. The van der Waals surface area contributed by atoms with E-state index >= 15 is 0 Å². The molecule has 118 valence electrons. The zero-order chi connectivity index (χ0) is 16.4. The quantitative estimate of drug-likeness (QED) is 0.724. The monoisotopic (exact) mass is 313 g/mol. The van der Waals surface area contributed by atoms with Gasteiger partial charge in [0.2, 0.25) is 5.95 Å². The molecule has 0 spiro atoms. The highest BCUT2D eigenvalue weighted by molar-refractivity contribution is 5.98. The van der Waals surface area contributed by atoms with Crippen LogP contribution < -0.4 is 11.1 Å². The number of hydrogen-bond donors (Lipinski definition) is 2. The summed E-state index contributed by atoms with van der Waals surface area (Å²) in [7, 11) is 0. The van der Waals surface area contributed by atoms with Gasteiger partial charge >= 0.3 is 0 Å². The third kappa shape index (κ3) is 2.73. The lowest BCUT2D eigenvalue weighted by molar-refractivity contribution is 0.0950. The van der Waals surface area contributed by atoms with Crippen LogP contribution in [-0.4, -0.2) is 26.8 Å². The summed E-state index contributed by atoms with van der Waals surface area (Å²) in [5, 5.41) is 2.75. The highest BCUT2D eigenvalue weighted by Crippen LogP contribution is 2.25. The normalized spacial score (nSPS) is 10.9. The first-order chi connectivity index (χ1) is 11.1. The molecule has 3 heterocycles. The van der Waals surface area contributed by atoms with Gasteiger partial charge in [0.15, 0.2) is 5.69 Å². The number of anilines is 1. The molecule has 0 saturated heterocycles. The fourth-order valence-electron chi connectivity index (χ4n) is 2.33. The number of amides is 1. The number of hydrogen-bond acceptors (Lipinski definition) is 4. The smallest absolute Gasteiger partial charge is 0.273 e. The van der Waals surface area contributed by atoms with E-state index in [1.807, 2.05) is 6.92 Å². The second kappa shape index (κ2) is 6.04. The molecule has 1 amide bonds. The third-order valence-electron chi connectivity index (χ3n) is 3.43. The molecule has 0 atom stereocenters. The van der Waals surface area contributed by atoms with Gasteiger partial charge in [0.25, 0.3) is 5.91 Å².